The normalized spacial score (nSPS) is 10.0. The highest BCUT2D eigenvalue weighted by molar-refractivity contribution is 14.1. The van der Waals surface area contributed by atoms with E-state index >= 15 is 0 Å². The van der Waals surface area contributed by atoms with Crippen LogP contribution in [0.4, 0.5) is 0 Å². The van der Waals surface area contributed by atoms with Crippen molar-refractivity contribution in [2.24, 2.45) is 0 Å². The Hall–Kier alpha value is 0.580. The molecule has 0 radical (unpaired) electrons. The van der Waals surface area contributed by atoms with Crippen molar-refractivity contribution in [1.29, 1.82) is 0 Å². The van der Waals surface area contributed by atoms with Crippen LogP contribution < -0.4 is 0 Å². The van der Waals surface area contributed by atoms with Crippen molar-refractivity contribution in [3.8, 4) is 0 Å². The second-order valence-corrected chi connectivity index (χ2v) is 5.17. The summed E-state index contributed by atoms with van der Waals surface area (Å²) in [5.41, 5.74) is 0.755. The van der Waals surface area contributed by atoms with Gasteiger partial charge < -0.3 is 0 Å². The molecule has 1 nitrogen and oxygen atoms in total. The van der Waals surface area contributed by atoms with E-state index in [4.69, 9.17) is 0 Å². The molecule has 1 aromatic carbocycles. The van der Waals surface area contributed by atoms with Gasteiger partial charge in [0.2, 0.25) is 0 Å². The molecule has 1 rings (SSSR count). The fourth-order valence-corrected chi connectivity index (χ4v) is 2.75. The maximum absolute atomic E-state index is 11.1. The molecule has 0 aliphatic heterocycles. The molecule has 0 saturated heterocycles. The van der Waals surface area contributed by atoms with Gasteiger partial charge in [-0.15, -0.1) is 0 Å². The predicted octanol–water partition coefficient (Wildman–Crippen LogP) is 4.02. The fourth-order valence-electron chi connectivity index (χ4n) is 0.792. The van der Waals surface area contributed by atoms with Crippen molar-refractivity contribution in [3.05, 3.63) is 30.2 Å². The van der Waals surface area contributed by atoms with Gasteiger partial charge in [0.15, 0.2) is 5.78 Å². The SMILES string of the molecule is CC(=O)c1cc(Br)c(Br)cc1I. The molecule has 0 aliphatic rings. The van der Waals surface area contributed by atoms with Crippen LogP contribution >= 0.6 is 54.5 Å². The van der Waals surface area contributed by atoms with Crippen molar-refractivity contribution >= 4 is 60.2 Å². The van der Waals surface area contributed by atoms with Crippen LogP contribution in [-0.2, 0) is 0 Å². The van der Waals surface area contributed by atoms with E-state index in [1.807, 2.05) is 12.1 Å². The summed E-state index contributed by atoms with van der Waals surface area (Å²) < 4.78 is 2.85. The van der Waals surface area contributed by atoms with Crippen LogP contribution in [0.2, 0.25) is 0 Å². The lowest BCUT2D eigenvalue weighted by Gasteiger charge is -2.02. The molecule has 0 bridgehead atoms. The summed E-state index contributed by atoms with van der Waals surface area (Å²) in [6.45, 7) is 1.57. The Balaban J connectivity index is 3.33. The largest absolute Gasteiger partial charge is 0.294 e. The zero-order valence-electron chi connectivity index (χ0n) is 6.20. The Morgan fingerprint density at radius 1 is 1.33 bits per heavy atom. The number of carbonyl (C=O) groups excluding carboxylic acids is 1. The molecule has 0 atom stereocenters. The van der Waals surface area contributed by atoms with E-state index in [0.29, 0.717) is 0 Å². The van der Waals surface area contributed by atoms with E-state index in [-0.39, 0.29) is 5.78 Å². The first-order chi connectivity index (χ1) is 5.52. The van der Waals surface area contributed by atoms with Gasteiger partial charge in [-0.25, -0.2) is 0 Å². The minimum atomic E-state index is 0.0904. The lowest BCUT2D eigenvalue weighted by molar-refractivity contribution is 0.101. The summed E-state index contributed by atoms with van der Waals surface area (Å²) in [5, 5.41) is 0. The number of hydrogen-bond donors (Lipinski definition) is 0. The maximum Gasteiger partial charge on any atom is 0.160 e. The van der Waals surface area contributed by atoms with Crippen LogP contribution in [0, 0.1) is 3.57 Å². The molecule has 1 aromatic rings. The van der Waals surface area contributed by atoms with Gasteiger partial charge >= 0.3 is 0 Å². The first-order valence-corrected chi connectivity index (χ1v) is 5.84. The van der Waals surface area contributed by atoms with Crippen molar-refractivity contribution in [1.82, 2.24) is 0 Å². The molecule has 0 spiro atoms. The van der Waals surface area contributed by atoms with Gasteiger partial charge in [0.1, 0.15) is 0 Å². The predicted molar refractivity (Wildman–Crippen MR) is 64.6 cm³/mol. The second-order valence-electron chi connectivity index (χ2n) is 2.30. The average Bonchev–Trinajstić information content (AvgIpc) is 1.96. The number of halogens is 3. The first-order valence-electron chi connectivity index (χ1n) is 3.18. The van der Waals surface area contributed by atoms with Crippen molar-refractivity contribution in [3.63, 3.8) is 0 Å². The minimum Gasteiger partial charge on any atom is -0.294 e. The zero-order chi connectivity index (χ0) is 9.30. The third-order valence-corrected chi connectivity index (χ3v) is 4.13. The highest BCUT2D eigenvalue weighted by Crippen LogP contribution is 2.27. The van der Waals surface area contributed by atoms with Gasteiger partial charge in [-0.05, 0) is 73.5 Å². The lowest BCUT2D eigenvalue weighted by Crippen LogP contribution is -1.95. The molecule has 0 fully saturated rings. The van der Waals surface area contributed by atoms with Crippen LogP contribution in [0.1, 0.15) is 17.3 Å². The van der Waals surface area contributed by atoms with E-state index in [2.05, 4.69) is 54.5 Å². The Labute approximate surface area is 101 Å². The van der Waals surface area contributed by atoms with Crippen LogP contribution in [0.25, 0.3) is 0 Å². The Kier molecular flexibility index (Phi) is 3.73. The first kappa shape index (κ1) is 10.7. The summed E-state index contributed by atoms with van der Waals surface area (Å²) in [6, 6.07) is 3.75. The number of benzene rings is 1. The standard InChI is InChI=1S/C8H5Br2IO/c1-4(12)5-2-6(9)7(10)3-8(5)11/h2-3H,1H3. The van der Waals surface area contributed by atoms with Crippen LogP contribution in [0.5, 0.6) is 0 Å². The third kappa shape index (κ3) is 2.29. The molecular weight excluding hydrogens is 399 g/mol. The van der Waals surface area contributed by atoms with E-state index in [1.165, 1.54) is 0 Å². The number of rotatable bonds is 1. The molecule has 64 valence electrons. The van der Waals surface area contributed by atoms with Crippen LogP contribution in [0.3, 0.4) is 0 Å². The third-order valence-electron chi connectivity index (χ3n) is 1.39. The molecule has 0 aliphatic carbocycles. The topological polar surface area (TPSA) is 17.1 Å². The van der Waals surface area contributed by atoms with Gasteiger partial charge in [-0.3, -0.25) is 4.79 Å². The molecule has 0 aromatic heterocycles. The monoisotopic (exact) mass is 402 g/mol. The fraction of sp³-hybridized carbons (Fsp3) is 0.125. The molecule has 0 saturated carbocycles. The zero-order valence-corrected chi connectivity index (χ0v) is 11.5. The lowest BCUT2D eigenvalue weighted by atomic mass is 10.2. The number of hydrogen-bond acceptors (Lipinski definition) is 1. The highest BCUT2D eigenvalue weighted by atomic mass is 127. The van der Waals surface area contributed by atoms with E-state index in [0.717, 1.165) is 18.1 Å². The van der Waals surface area contributed by atoms with E-state index < -0.39 is 0 Å². The molecule has 4 heteroatoms. The number of Topliss-reactive ketones (excluding diaryl/α,β-unsaturated/α-hetero) is 1. The average molecular weight is 404 g/mol. The van der Waals surface area contributed by atoms with Crippen LogP contribution in [-0.4, -0.2) is 5.78 Å². The molecule has 0 amide bonds. The van der Waals surface area contributed by atoms with Crippen LogP contribution in [0.15, 0.2) is 21.1 Å². The van der Waals surface area contributed by atoms with Gasteiger partial charge in [0.05, 0.1) is 0 Å². The minimum absolute atomic E-state index is 0.0904. The summed E-state index contributed by atoms with van der Waals surface area (Å²) in [7, 11) is 0. The molecule has 0 N–H and O–H groups in total. The van der Waals surface area contributed by atoms with Gasteiger partial charge in [0, 0.05) is 18.1 Å². The van der Waals surface area contributed by atoms with Gasteiger partial charge in [-0.1, -0.05) is 0 Å². The maximum atomic E-state index is 11.1. The van der Waals surface area contributed by atoms with Crippen molar-refractivity contribution < 1.29 is 4.79 Å². The molecule has 12 heavy (non-hydrogen) atoms. The Morgan fingerprint density at radius 3 is 2.33 bits per heavy atom. The highest BCUT2D eigenvalue weighted by Gasteiger charge is 2.07. The number of ketones is 1. The van der Waals surface area contributed by atoms with E-state index in [9.17, 15) is 4.79 Å². The molecular formula is C8H5Br2IO. The smallest absolute Gasteiger partial charge is 0.160 e. The molecule has 0 heterocycles. The Bertz CT molecular complexity index is 336. The van der Waals surface area contributed by atoms with Crippen molar-refractivity contribution in [2.75, 3.05) is 0 Å². The summed E-state index contributed by atoms with van der Waals surface area (Å²) in [6.07, 6.45) is 0. The number of carbonyl (C=O) groups is 1. The Morgan fingerprint density at radius 2 is 1.83 bits per heavy atom. The van der Waals surface area contributed by atoms with E-state index in [1.54, 1.807) is 6.92 Å². The van der Waals surface area contributed by atoms with Gasteiger partial charge in [-0.2, -0.15) is 0 Å². The molecule has 0 unspecified atom stereocenters. The van der Waals surface area contributed by atoms with Crippen molar-refractivity contribution in [2.45, 2.75) is 6.92 Å². The second kappa shape index (κ2) is 4.19. The summed E-state index contributed by atoms with van der Waals surface area (Å²) >= 11 is 8.86. The quantitative estimate of drug-likeness (QED) is 0.393. The van der Waals surface area contributed by atoms with Gasteiger partial charge in [0.25, 0.3) is 0 Å². The summed E-state index contributed by atoms with van der Waals surface area (Å²) in [4.78, 5) is 11.1. The summed E-state index contributed by atoms with van der Waals surface area (Å²) in [5.74, 6) is 0.0904.